The van der Waals surface area contributed by atoms with Gasteiger partial charge in [0.15, 0.2) is 5.78 Å². The molecule has 2 aliphatic rings. The first kappa shape index (κ1) is 16.0. The first-order valence-corrected chi connectivity index (χ1v) is 8.26. The Morgan fingerprint density at radius 3 is 2.50 bits per heavy atom. The van der Waals surface area contributed by atoms with E-state index in [0.717, 1.165) is 13.1 Å². The fourth-order valence-electron chi connectivity index (χ4n) is 4.01. The molecule has 0 aromatic carbocycles. The van der Waals surface area contributed by atoms with Crippen molar-refractivity contribution in [2.45, 2.75) is 84.0 Å². The molecule has 20 heavy (non-hydrogen) atoms. The van der Waals surface area contributed by atoms with Crippen LogP contribution >= 0.6 is 0 Å². The lowest BCUT2D eigenvalue weighted by atomic mass is 9.84. The molecule has 0 radical (unpaired) electrons. The van der Waals surface area contributed by atoms with Gasteiger partial charge in [-0.2, -0.15) is 0 Å². The van der Waals surface area contributed by atoms with Gasteiger partial charge in [0.1, 0.15) is 5.60 Å². The second-order valence-corrected chi connectivity index (χ2v) is 7.57. The van der Waals surface area contributed by atoms with Crippen LogP contribution < -0.4 is 0 Å². The Morgan fingerprint density at radius 2 is 1.95 bits per heavy atom. The van der Waals surface area contributed by atoms with Gasteiger partial charge in [0.25, 0.3) is 0 Å². The molecule has 3 heteroatoms. The molecular formula is C17H31NO2. The average Bonchev–Trinajstić information content (AvgIpc) is 2.50. The number of rotatable bonds is 4. The van der Waals surface area contributed by atoms with Gasteiger partial charge in [-0.1, -0.05) is 19.8 Å². The predicted molar refractivity (Wildman–Crippen MR) is 81.9 cm³/mol. The minimum absolute atomic E-state index is 0.00922. The van der Waals surface area contributed by atoms with Crippen molar-refractivity contribution in [2.24, 2.45) is 5.92 Å². The lowest BCUT2D eigenvalue weighted by molar-refractivity contribution is -0.132. The highest BCUT2D eigenvalue weighted by atomic mass is 16.5. The van der Waals surface area contributed by atoms with Gasteiger partial charge in [0.05, 0.1) is 11.5 Å². The van der Waals surface area contributed by atoms with Gasteiger partial charge in [-0.25, -0.2) is 0 Å². The van der Waals surface area contributed by atoms with Crippen molar-refractivity contribution in [2.75, 3.05) is 13.1 Å². The summed E-state index contributed by atoms with van der Waals surface area (Å²) in [5.74, 6) is 0.290. The number of carbonyl (C=O) groups is 1. The van der Waals surface area contributed by atoms with E-state index < -0.39 is 5.60 Å². The van der Waals surface area contributed by atoms with Crippen molar-refractivity contribution >= 4 is 5.78 Å². The smallest absolute Gasteiger partial charge is 0.171 e. The monoisotopic (exact) mass is 281 g/mol. The maximum absolute atomic E-state index is 12.6. The molecule has 2 rings (SSSR count). The minimum Gasteiger partial charge on any atom is -0.361 e. The summed E-state index contributed by atoms with van der Waals surface area (Å²) in [7, 11) is 0. The maximum Gasteiger partial charge on any atom is 0.171 e. The van der Waals surface area contributed by atoms with E-state index in [4.69, 9.17) is 4.74 Å². The Balaban J connectivity index is 2.09. The number of hydrogen-bond acceptors (Lipinski definition) is 3. The molecule has 2 saturated heterocycles. The molecular weight excluding hydrogens is 250 g/mol. The summed E-state index contributed by atoms with van der Waals surface area (Å²) in [4.78, 5) is 15.2. The van der Waals surface area contributed by atoms with Crippen LogP contribution in [0.15, 0.2) is 0 Å². The number of carbonyl (C=O) groups excluding carboxylic acids is 1. The SMILES string of the molecule is CCCC1CCCCN1CC1C(=O)C(C)(C)OC1(C)C. The third kappa shape index (κ3) is 3.09. The number of ketones is 1. The van der Waals surface area contributed by atoms with E-state index in [1.807, 2.05) is 13.8 Å². The highest BCUT2D eigenvalue weighted by Gasteiger charge is 2.53. The second-order valence-electron chi connectivity index (χ2n) is 7.57. The molecule has 0 bridgehead atoms. The third-order valence-corrected chi connectivity index (χ3v) is 5.06. The van der Waals surface area contributed by atoms with E-state index in [2.05, 4.69) is 25.7 Å². The Hall–Kier alpha value is -0.410. The van der Waals surface area contributed by atoms with Crippen LogP contribution in [0.25, 0.3) is 0 Å². The Morgan fingerprint density at radius 1 is 1.25 bits per heavy atom. The zero-order chi connectivity index (χ0) is 15.0. The van der Waals surface area contributed by atoms with E-state index in [9.17, 15) is 4.79 Å². The van der Waals surface area contributed by atoms with Gasteiger partial charge in [-0.3, -0.25) is 9.69 Å². The highest BCUT2D eigenvalue weighted by molar-refractivity contribution is 5.91. The molecule has 0 amide bonds. The summed E-state index contributed by atoms with van der Waals surface area (Å²) in [5.41, 5.74) is -0.959. The number of ether oxygens (including phenoxy) is 1. The second kappa shape index (κ2) is 5.76. The van der Waals surface area contributed by atoms with Crippen molar-refractivity contribution in [1.29, 1.82) is 0 Å². The minimum atomic E-state index is -0.621. The molecule has 0 spiro atoms. The van der Waals surface area contributed by atoms with E-state index >= 15 is 0 Å². The standard InChI is InChI=1S/C17H31NO2/c1-6-9-13-10-7-8-11-18(13)12-14-15(19)17(4,5)20-16(14,2)3/h13-14H,6-12H2,1-5H3. The Kier molecular flexibility index (Phi) is 4.60. The number of hydrogen-bond donors (Lipinski definition) is 0. The van der Waals surface area contributed by atoms with Crippen LogP contribution in [0.5, 0.6) is 0 Å². The molecule has 0 aliphatic carbocycles. The molecule has 3 nitrogen and oxygen atoms in total. The summed E-state index contributed by atoms with van der Waals surface area (Å²) in [6.07, 6.45) is 6.38. The zero-order valence-electron chi connectivity index (χ0n) is 13.9. The summed E-state index contributed by atoms with van der Waals surface area (Å²) in [5, 5.41) is 0. The van der Waals surface area contributed by atoms with Crippen molar-refractivity contribution in [3.8, 4) is 0 Å². The normalized spacial score (nSPS) is 33.5. The molecule has 116 valence electrons. The average molecular weight is 281 g/mol. The molecule has 2 unspecified atom stereocenters. The molecule has 2 atom stereocenters. The lowest BCUT2D eigenvalue weighted by Crippen LogP contribution is -2.47. The van der Waals surface area contributed by atoms with E-state index in [0.29, 0.717) is 6.04 Å². The number of piperidine rings is 1. The molecule has 0 aromatic heterocycles. The van der Waals surface area contributed by atoms with Gasteiger partial charge in [0, 0.05) is 12.6 Å². The van der Waals surface area contributed by atoms with Crippen LogP contribution in [0, 0.1) is 5.92 Å². The molecule has 2 aliphatic heterocycles. The first-order valence-electron chi connectivity index (χ1n) is 8.26. The van der Waals surface area contributed by atoms with E-state index in [1.54, 1.807) is 0 Å². The van der Waals surface area contributed by atoms with Crippen molar-refractivity contribution in [3.05, 3.63) is 0 Å². The van der Waals surface area contributed by atoms with Gasteiger partial charge in [-0.15, -0.1) is 0 Å². The molecule has 2 heterocycles. The maximum atomic E-state index is 12.6. The van der Waals surface area contributed by atoms with Gasteiger partial charge >= 0.3 is 0 Å². The van der Waals surface area contributed by atoms with Crippen LogP contribution in [-0.2, 0) is 9.53 Å². The van der Waals surface area contributed by atoms with Crippen LogP contribution in [0.2, 0.25) is 0 Å². The van der Waals surface area contributed by atoms with Crippen LogP contribution in [0.3, 0.4) is 0 Å². The number of likely N-dealkylation sites (tertiary alicyclic amines) is 1. The number of nitrogens with zero attached hydrogens (tertiary/aromatic N) is 1. The molecule has 0 N–H and O–H groups in total. The summed E-state index contributed by atoms with van der Waals surface area (Å²) >= 11 is 0. The molecule has 0 saturated carbocycles. The van der Waals surface area contributed by atoms with Gasteiger partial charge in [-0.05, 0) is 53.5 Å². The Bertz CT molecular complexity index is 360. The predicted octanol–water partition coefficient (Wildman–Crippen LogP) is 3.41. The first-order chi connectivity index (χ1) is 9.28. The summed E-state index contributed by atoms with van der Waals surface area (Å²) in [6.45, 7) is 12.2. The quantitative estimate of drug-likeness (QED) is 0.791. The topological polar surface area (TPSA) is 29.5 Å². The van der Waals surface area contributed by atoms with E-state index in [1.165, 1.54) is 32.1 Å². The van der Waals surface area contributed by atoms with Crippen LogP contribution in [0.1, 0.15) is 66.7 Å². The summed E-state index contributed by atoms with van der Waals surface area (Å²) < 4.78 is 6.02. The fourth-order valence-corrected chi connectivity index (χ4v) is 4.01. The van der Waals surface area contributed by atoms with Crippen LogP contribution in [-0.4, -0.2) is 41.0 Å². The third-order valence-electron chi connectivity index (χ3n) is 5.06. The highest BCUT2D eigenvalue weighted by Crippen LogP contribution is 2.40. The largest absolute Gasteiger partial charge is 0.361 e. The van der Waals surface area contributed by atoms with Gasteiger partial charge < -0.3 is 4.74 Å². The van der Waals surface area contributed by atoms with Crippen molar-refractivity contribution < 1.29 is 9.53 Å². The van der Waals surface area contributed by atoms with Crippen LogP contribution in [0.4, 0.5) is 0 Å². The fraction of sp³-hybridized carbons (Fsp3) is 0.941. The lowest BCUT2D eigenvalue weighted by Gasteiger charge is -2.39. The molecule has 2 fully saturated rings. The Labute approximate surface area is 124 Å². The van der Waals surface area contributed by atoms with Crippen molar-refractivity contribution in [1.82, 2.24) is 4.90 Å². The zero-order valence-corrected chi connectivity index (χ0v) is 13.9. The number of Topliss-reactive ketones (excluding diaryl/α,β-unsaturated/α-hetero) is 1. The van der Waals surface area contributed by atoms with Gasteiger partial charge in [0.2, 0.25) is 0 Å². The van der Waals surface area contributed by atoms with E-state index in [-0.39, 0.29) is 17.3 Å². The summed E-state index contributed by atoms with van der Waals surface area (Å²) in [6, 6.07) is 0.668. The van der Waals surface area contributed by atoms with Crippen molar-refractivity contribution in [3.63, 3.8) is 0 Å². The molecule has 0 aromatic rings.